The molecular weight excluding hydrogens is 444 g/mol. The van der Waals surface area contributed by atoms with E-state index in [1.807, 2.05) is 31.2 Å². The van der Waals surface area contributed by atoms with Gasteiger partial charge in [-0.3, -0.25) is 9.59 Å². The summed E-state index contributed by atoms with van der Waals surface area (Å²) in [5.41, 5.74) is 4.29. The molecule has 2 amide bonds. The number of hydrogen-bond donors (Lipinski definition) is 3. The molecule has 184 valence electrons. The third-order valence-corrected chi connectivity index (χ3v) is 8.06. The van der Waals surface area contributed by atoms with Crippen LogP contribution >= 0.6 is 0 Å². The lowest BCUT2D eigenvalue weighted by Crippen LogP contribution is -2.42. The third kappa shape index (κ3) is 4.51. The first kappa shape index (κ1) is 23.4. The van der Waals surface area contributed by atoms with E-state index in [2.05, 4.69) is 34.9 Å². The molecule has 0 spiro atoms. The van der Waals surface area contributed by atoms with Crippen molar-refractivity contribution in [2.24, 2.45) is 11.3 Å². The summed E-state index contributed by atoms with van der Waals surface area (Å²) >= 11 is 0. The molecule has 5 rings (SSSR count). The minimum Gasteiger partial charge on any atom is -0.481 e. The van der Waals surface area contributed by atoms with Gasteiger partial charge in [-0.1, -0.05) is 55.5 Å². The predicted molar refractivity (Wildman–Crippen MR) is 131 cm³/mol. The monoisotopic (exact) mass is 476 g/mol. The maximum atomic E-state index is 13.0. The smallest absolute Gasteiger partial charge is 0.407 e. The lowest BCUT2D eigenvalue weighted by molar-refractivity contribution is -0.137. The molecule has 0 aliphatic heterocycles. The molecule has 35 heavy (non-hydrogen) atoms. The molecule has 2 aromatic carbocycles. The normalized spacial score (nSPS) is 24.6. The maximum Gasteiger partial charge on any atom is 0.407 e. The number of carbonyl (C=O) groups is 3. The second kappa shape index (κ2) is 9.36. The first-order valence-electron chi connectivity index (χ1n) is 12.6. The van der Waals surface area contributed by atoms with Crippen molar-refractivity contribution in [3.8, 4) is 11.1 Å². The van der Waals surface area contributed by atoms with Crippen LogP contribution in [0.4, 0.5) is 4.79 Å². The zero-order chi connectivity index (χ0) is 24.6. The molecule has 3 N–H and O–H groups in total. The first-order chi connectivity index (χ1) is 16.9. The topological polar surface area (TPSA) is 105 Å². The van der Waals surface area contributed by atoms with Gasteiger partial charge in [0.05, 0.1) is 5.41 Å². The number of aliphatic carboxylic acids is 1. The molecule has 2 saturated carbocycles. The fourth-order valence-corrected chi connectivity index (χ4v) is 6.10. The van der Waals surface area contributed by atoms with Crippen molar-refractivity contribution in [2.75, 3.05) is 6.61 Å². The highest BCUT2D eigenvalue weighted by Crippen LogP contribution is 2.63. The van der Waals surface area contributed by atoms with Crippen molar-refractivity contribution in [2.45, 2.75) is 63.5 Å². The Hall–Kier alpha value is -3.35. The standard InChI is InChI=1S/C28H32N2O5/c1-2-18(11-12-25(31)32)29-26(33)28-14-17(28)13-19(15-28)30-27(34)35-16-24-22-9-5-3-7-20(22)21-8-4-6-10-23(21)24/h3-10,17-19,24H,2,11-16H2,1H3,(H,29,33)(H,30,34)(H,31,32)/t17-,18?,19+,28+/m1/s1. The Kier molecular flexibility index (Phi) is 6.26. The van der Waals surface area contributed by atoms with Gasteiger partial charge in [0, 0.05) is 24.4 Å². The van der Waals surface area contributed by atoms with E-state index in [1.54, 1.807) is 0 Å². The molecule has 0 aromatic heterocycles. The molecule has 1 unspecified atom stereocenters. The van der Waals surface area contributed by atoms with Crippen LogP contribution in [0.3, 0.4) is 0 Å². The number of hydrogen-bond acceptors (Lipinski definition) is 4. The van der Waals surface area contributed by atoms with Gasteiger partial charge in [-0.05, 0) is 60.3 Å². The molecule has 0 radical (unpaired) electrons. The number of nitrogens with one attached hydrogen (secondary N) is 2. The Morgan fingerprint density at radius 2 is 1.71 bits per heavy atom. The van der Waals surface area contributed by atoms with Gasteiger partial charge in [0.25, 0.3) is 0 Å². The lowest BCUT2D eigenvalue weighted by Gasteiger charge is -2.22. The number of carboxylic acids is 1. The summed E-state index contributed by atoms with van der Waals surface area (Å²) < 4.78 is 5.68. The molecule has 2 fully saturated rings. The lowest BCUT2D eigenvalue weighted by atomic mass is 9.98. The number of rotatable bonds is 9. The summed E-state index contributed by atoms with van der Waals surface area (Å²) in [5.74, 6) is -0.581. The van der Waals surface area contributed by atoms with E-state index < -0.39 is 17.5 Å². The summed E-state index contributed by atoms with van der Waals surface area (Å²) in [4.78, 5) is 36.5. The number of fused-ring (bicyclic) bond motifs is 4. The fraction of sp³-hybridized carbons (Fsp3) is 0.464. The largest absolute Gasteiger partial charge is 0.481 e. The molecule has 2 aromatic rings. The van der Waals surface area contributed by atoms with Crippen molar-refractivity contribution >= 4 is 18.0 Å². The third-order valence-electron chi connectivity index (χ3n) is 8.06. The van der Waals surface area contributed by atoms with E-state index in [0.717, 1.165) is 12.8 Å². The van der Waals surface area contributed by atoms with Gasteiger partial charge in [-0.2, -0.15) is 0 Å². The minimum atomic E-state index is -0.853. The van der Waals surface area contributed by atoms with E-state index in [9.17, 15) is 14.4 Å². The molecule has 7 nitrogen and oxygen atoms in total. The van der Waals surface area contributed by atoms with Crippen molar-refractivity contribution in [3.05, 3.63) is 59.7 Å². The number of alkyl carbamates (subject to hydrolysis) is 1. The molecular formula is C28H32N2O5. The van der Waals surface area contributed by atoms with Gasteiger partial charge >= 0.3 is 12.1 Å². The summed E-state index contributed by atoms with van der Waals surface area (Å²) in [6.07, 6.45) is 2.92. The van der Waals surface area contributed by atoms with Gasteiger partial charge in [0.15, 0.2) is 0 Å². The second-order valence-corrected chi connectivity index (χ2v) is 10.2. The maximum absolute atomic E-state index is 13.0. The first-order valence-corrected chi connectivity index (χ1v) is 12.6. The Morgan fingerprint density at radius 3 is 2.34 bits per heavy atom. The molecule has 3 aliphatic rings. The van der Waals surface area contributed by atoms with Crippen LogP contribution in [0, 0.1) is 11.3 Å². The quantitative estimate of drug-likeness (QED) is 0.496. The summed E-state index contributed by atoms with van der Waals surface area (Å²) in [5, 5.41) is 15.0. The molecule has 3 aliphatic carbocycles. The van der Waals surface area contributed by atoms with Crippen LogP contribution in [0.5, 0.6) is 0 Å². The number of amides is 2. The Labute approximate surface area is 205 Å². The van der Waals surface area contributed by atoms with E-state index in [0.29, 0.717) is 19.3 Å². The van der Waals surface area contributed by atoms with Crippen LogP contribution in [0.1, 0.15) is 62.5 Å². The minimum absolute atomic E-state index is 0.00317. The highest BCUT2D eigenvalue weighted by molar-refractivity contribution is 5.87. The van der Waals surface area contributed by atoms with Crippen LogP contribution in [-0.4, -0.2) is 41.8 Å². The van der Waals surface area contributed by atoms with Crippen LogP contribution in [-0.2, 0) is 14.3 Å². The molecule has 7 heteroatoms. The Balaban J connectivity index is 1.14. The van der Waals surface area contributed by atoms with Crippen LogP contribution in [0.2, 0.25) is 0 Å². The molecule has 0 saturated heterocycles. The van der Waals surface area contributed by atoms with Crippen molar-refractivity contribution in [3.63, 3.8) is 0 Å². The van der Waals surface area contributed by atoms with Gasteiger partial charge in [0.1, 0.15) is 6.61 Å². The summed E-state index contributed by atoms with van der Waals surface area (Å²) in [6, 6.07) is 16.2. The van der Waals surface area contributed by atoms with Gasteiger partial charge in [-0.25, -0.2) is 4.79 Å². The van der Waals surface area contributed by atoms with Crippen molar-refractivity contribution in [1.29, 1.82) is 0 Å². The van der Waals surface area contributed by atoms with Gasteiger partial charge in [0.2, 0.25) is 5.91 Å². The Bertz CT molecular complexity index is 1100. The van der Waals surface area contributed by atoms with Crippen molar-refractivity contribution < 1.29 is 24.2 Å². The summed E-state index contributed by atoms with van der Waals surface area (Å²) in [6.45, 7) is 2.22. The number of ether oxygens (including phenoxy) is 1. The zero-order valence-corrected chi connectivity index (χ0v) is 20.0. The highest BCUT2D eigenvalue weighted by Gasteiger charge is 2.65. The van der Waals surface area contributed by atoms with E-state index in [-0.39, 0.29) is 42.9 Å². The fourth-order valence-electron chi connectivity index (χ4n) is 6.10. The average Bonchev–Trinajstić information content (AvgIpc) is 3.28. The average molecular weight is 477 g/mol. The zero-order valence-electron chi connectivity index (χ0n) is 20.0. The highest BCUT2D eigenvalue weighted by atomic mass is 16.5. The van der Waals surface area contributed by atoms with E-state index >= 15 is 0 Å². The molecule has 0 heterocycles. The number of carbonyl (C=O) groups excluding carboxylic acids is 2. The number of benzene rings is 2. The SMILES string of the molecule is CCC(CCC(=O)O)NC(=O)[C@@]12C[C@@H](NC(=O)OCC3c4ccccc4-c4ccccc43)C[C@@H]1C2. The van der Waals surface area contributed by atoms with E-state index in [1.165, 1.54) is 22.3 Å². The second-order valence-electron chi connectivity index (χ2n) is 10.2. The van der Waals surface area contributed by atoms with Gasteiger partial charge in [-0.15, -0.1) is 0 Å². The van der Waals surface area contributed by atoms with E-state index in [4.69, 9.17) is 9.84 Å². The van der Waals surface area contributed by atoms with Crippen LogP contribution < -0.4 is 10.6 Å². The summed E-state index contributed by atoms with van der Waals surface area (Å²) in [7, 11) is 0. The molecule has 0 bridgehead atoms. The van der Waals surface area contributed by atoms with Crippen LogP contribution in [0.15, 0.2) is 48.5 Å². The molecule has 4 atom stereocenters. The Morgan fingerprint density at radius 1 is 1.06 bits per heavy atom. The van der Waals surface area contributed by atoms with Crippen LogP contribution in [0.25, 0.3) is 11.1 Å². The van der Waals surface area contributed by atoms with Crippen molar-refractivity contribution in [1.82, 2.24) is 10.6 Å². The number of carboxylic acid groups (broad SMARTS) is 1. The van der Waals surface area contributed by atoms with Gasteiger partial charge < -0.3 is 20.5 Å². The predicted octanol–water partition coefficient (Wildman–Crippen LogP) is 4.45.